The second-order valence-corrected chi connectivity index (χ2v) is 7.58. The number of nitrogens with zero attached hydrogens (tertiary/aromatic N) is 2. The summed E-state index contributed by atoms with van der Waals surface area (Å²) in [5.74, 6) is 0.570. The zero-order chi connectivity index (χ0) is 17.5. The molecule has 0 aromatic carbocycles. The highest BCUT2D eigenvalue weighted by Crippen LogP contribution is 2.22. The second-order valence-electron chi connectivity index (χ2n) is 6.60. The molecule has 0 radical (unpaired) electrons. The number of amides is 1. The van der Waals surface area contributed by atoms with E-state index in [1.54, 1.807) is 18.4 Å². The lowest BCUT2D eigenvalue weighted by Crippen LogP contribution is -2.49. The molecule has 0 fully saturated rings. The van der Waals surface area contributed by atoms with Gasteiger partial charge in [0.2, 0.25) is 5.91 Å². The van der Waals surface area contributed by atoms with Crippen molar-refractivity contribution in [2.75, 3.05) is 34.2 Å². The summed E-state index contributed by atoms with van der Waals surface area (Å²) in [4.78, 5) is 19.5. The molecule has 6 nitrogen and oxygen atoms in total. The Hall–Kier alpha value is -0.870. The largest absolute Gasteiger partial charge is 0.354 e. The van der Waals surface area contributed by atoms with Crippen LogP contribution >= 0.6 is 35.3 Å². The van der Waals surface area contributed by atoms with Gasteiger partial charge in [-0.15, -0.1) is 35.3 Å². The molecule has 1 atom stereocenters. The highest BCUT2D eigenvalue weighted by Gasteiger charge is 2.16. The van der Waals surface area contributed by atoms with Crippen LogP contribution < -0.4 is 16.0 Å². The first kappa shape index (κ1) is 23.1. The summed E-state index contributed by atoms with van der Waals surface area (Å²) >= 11 is 1.74. The summed E-state index contributed by atoms with van der Waals surface area (Å²) in [5, 5.41) is 11.3. The van der Waals surface area contributed by atoms with E-state index < -0.39 is 0 Å². The summed E-state index contributed by atoms with van der Waals surface area (Å²) in [5.41, 5.74) is -0.231. The van der Waals surface area contributed by atoms with Gasteiger partial charge in [0.15, 0.2) is 5.96 Å². The molecule has 3 N–H and O–H groups in total. The van der Waals surface area contributed by atoms with Gasteiger partial charge in [0, 0.05) is 24.0 Å². The number of rotatable bonds is 6. The molecule has 0 aliphatic rings. The van der Waals surface area contributed by atoms with E-state index in [9.17, 15) is 4.79 Å². The van der Waals surface area contributed by atoms with Crippen molar-refractivity contribution in [2.24, 2.45) is 4.99 Å². The average Bonchev–Trinajstić information content (AvgIpc) is 2.94. The van der Waals surface area contributed by atoms with Crippen LogP contribution in [0.1, 0.15) is 31.7 Å². The van der Waals surface area contributed by atoms with Gasteiger partial charge in [-0.1, -0.05) is 6.07 Å². The third kappa shape index (κ3) is 8.84. The van der Waals surface area contributed by atoms with E-state index in [0.717, 1.165) is 0 Å². The lowest BCUT2D eigenvalue weighted by atomic mass is 10.1. The van der Waals surface area contributed by atoms with Crippen LogP contribution in [0.4, 0.5) is 0 Å². The number of guanidine groups is 1. The first-order valence-electron chi connectivity index (χ1n) is 7.68. The lowest BCUT2D eigenvalue weighted by molar-refractivity contribution is -0.121. The van der Waals surface area contributed by atoms with Gasteiger partial charge in [0.1, 0.15) is 0 Å². The topological polar surface area (TPSA) is 68.8 Å². The normalized spacial score (nSPS) is 13.2. The molecule has 1 unspecified atom stereocenters. The highest BCUT2D eigenvalue weighted by atomic mass is 127. The van der Waals surface area contributed by atoms with Crippen molar-refractivity contribution in [3.8, 4) is 0 Å². The van der Waals surface area contributed by atoms with Gasteiger partial charge in [-0.25, -0.2) is 0 Å². The summed E-state index contributed by atoms with van der Waals surface area (Å²) in [6.45, 7) is 6.79. The van der Waals surface area contributed by atoms with Gasteiger partial charge < -0.3 is 20.9 Å². The quantitative estimate of drug-likeness (QED) is 0.341. The molecule has 0 saturated heterocycles. The van der Waals surface area contributed by atoms with Crippen LogP contribution in [0.25, 0.3) is 0 Å². The number of thiophene rings is 1. The first-order valence-corrected chi connectivity index (χ1v) is 8.56. The van der Waals surface area contributed by atoms with Crippen molar-refractivity contribution < 1.29 is 4.79 Å². The molecule has 0 aliphatic carbocycles. The Labute approximate surface area is 166 Å². The third-order valence-electron chi connectivity index (χ3n) is 3.11. The van der Waals surface area contributed by atoms with Crippen molar-refractivity contribution in [1.82, 2.24) is 20.9 Å². The van der Waals surface area contributed by atoms with Crippen LogP contribution in [0.5, 0.6) is 0 Å². The Morgan fingerprint density at radius 3 is 2.46 bits per heavy atom. The molecule has 8 heteroatoms. The monoisotopic (exact) mass is 467 g/mol. The van der Waals surface area contributed by atoms with Gasteiger partial charge in [0.25, 0.3) is 0 Å². The zero-order valence-corrected chi connectivity index (χ0v) is 18.5. The SMILES string of the molecule is CN=C(NCC(=O)NC(C)(C)C)NCC(c1cccs1)N(C)C.I. The fourth-order valence-corrected chi connectivity index (χ4v) is 2.98. The van der Waals surface area contributed by atoms with Gasteiger partial charge in [-0.3, -0.25) is 9.79 Å². The summed E-state index contributed by atoms with van der Waals surface area (Å²) in [7, 11) is 5.81. The van der Waals surface area contributed by atoms with Crippen molar-refractivity contribution in [3.05, 3.63) is 22.4 Å². The first-order chi connectivity index (χ1) is 10.7. The average molecular weight is 467 g/mol. The smallest absolute Gasteiger partial charge is 0.239 e. The van der Waals surface area contributed by atoms with Crippen molar-refractivity contribution in [3.63, 3.8) is 0 Å². The maximum Gasteiger partial charge on any atom is 0.239 e. The van der Waals surface area contributed by atoms with Crippen LogP contribution in [0.15, 0.2) is 22.5 Å². The van der Waals surface area contributed by atoms with Gasteiger partial charge in [-0.2, -0.15) is 0 Å². The molecule has 1 amide bonds. The number of halogens is 1. The predicted molar refractivity (Wildman–Crippen MR) is 113 cm³/mol. The molecular weight excluding hydrogens is 437 g/mol. The van der Waals surface area contributed by atoms with Crippen molar-refractivity contribution in [2.45, 2.75) is 32.4 Å². The van der Waals surface area contributed by atoms with Crippen molar-refractivity contribution in [1.29, 1.82) is 0 Å². The third-order valence-corrected chi connectivity index (χ3v) is 4.09. The fraction of sp³-hybridized carbons (Fsp3) is 0.625. The molecule has 1 rings (SSSR count). The van der Waals surface area contributed by atoms with Crippen molar-refractivity contribution >= 4 is 47.2 Å². The minimum absolute atomic E-state index is 0. The Bertz CT molecular complexity index is 511. The van der Waals surface area contributed by atoms with Gasteiger partial charge in [-0.05, 0) is 46.3 Å². The fourth-order valence-electron chi connectivity index (χ4n) is 2.06. The van der Waals surface area contributed by atoms with Crippen LogP contribution in [0.3, 0.4) is 0 Å². The molecule has 1 aromatic rings. The highest BCUT2D eigenvalue weighted by molar-refractivity contribution is 14.0. The Kier molecular flexibility index (Phi) is 10.5. The number of hydrogen-bond acceptors (Lipinski definition) is 4. The van der Waals surface area contributed by atoms with Gasteiger partial charge in [0.05, 0.1) is 12.6 Å². The minimum atomic E-state index is -0.231. The maximum atomic E-state index is 11.8. The molecular formula is C16H30IN5OS. The Morgan fingerprint density at radius 2 is 2.00 bits per heavy atom. The summed E-state index contributed by atoms with van der Waals surface area (Å²) < 4.78 is 0. The summed E-state index contributed by atoms with van der Waals surface area (Å²) in [6, 6.07) is 4.45. The van der Waals surface area contributed by atoms with E-state index in [2.05, 4.69) is 57.5 Å². The molecule has 0 bridgehead atoms. The Balaban J connectivity index is 0.00000529. The van der Waals surface area contributed by atoms with Crippen LogP contribution in [-0.4, -0.2) is 56.5 Å². The van der Waals surface area contributed by atoms with Crippen LogP contribution in [0, 0.1) is 0 Å². The lowest BCUT2D eigenvalue weighted by Gasteiger charge is -2.25. The standard InChI is InChI=1S/C16H29N5OS.HI/c1-16(2,3)20-14(22)11-19-15(17-4)18-10-12(21(5)6)13-8-7-9-23-13;/h7-9,12H,10-11H2,1-6H3,(H,20,22)(H2,17,18,19);1H. The number of nitrogens with one attached hydrogen (secondary N) is 3. The zero-order valence-electron chi connectivity index (χ0n) is 15.3. The summed E-state index contributed by atoms with van der Waals surface area (Å²) in [6.07, 6.45) is 0. The number of likely N-dealkylation sites (N-methyl/N-ethyl adjacent to an activating group) is 1. The maximum absolute atomic E-state index is 11.8. The van der Waals surface area contributed by atoms with E-state index >= 15 is 0 Å². The molecule has 0 saturated carbocycles. The Morgan fingerprint density at radius 1 is 1.33 bits per heavy atom. The van der Waals surface area contributed by atoms with E-state index in [1.165, 1.54) is 4.88 Å². The number of carbonyl (C=O) groups is 1. The van der Waals surface area contributed by atoms with Crippen LogP contribution in [0.2, 0.25) is 0 Å². The van der Waals surface area contributed by atoms with E-state index in [1.807, 2.05) is 20.8 Å². The van der Waals surface area contributed by atoms with Crippen LogP contribution in [-0.2, 0) is 4.79 Å². The molecule has 1 aromatic heterocycles. The molecule has 0 aliphatic heterocycles. The van der Waals surface area contributed by atoms with E-state index in [-0.39, 0.29) is 48.0 Å². The van der Waals surface area contributed by atoms with E-state index in [0.29, 0.717) is 12.5 Å². The van der Waals surface area contributed by atoms with E-state index in [4.69, 9.17) is 0 Å². The second kappa shape index (κ2) is 10.9. The number of aliphatic imine (C=N–C) groups is 1. The minimum Gasteiger partial charge on any atom is -0.354 e. The molecule has 0 spiro atoms. The number of hydrogen-bond donors (Lipinski definition) is 3. The molecule has 1 heterocycles. The molecule has 138 valence electrons. The predicted octanol–water partition coefficient (Wildman–Crippen LogP) is 2.05. The molecule has 24 heavy (non-hydrogen) atoms. The van der Waals surface area contributed by atoms with Gasteiger partial charge >= 0.3 is 0 Å². The number of carbonyl (C=O) groups excluding carboxylic acids is 1.